The minimum atomic E-state index is -3.72. The van der Waals surface area contributed by atoms with E-state index in [1.54, 1.807) is 24.3 Å². The van der Waals surface area contributed by atoms with Gasteiger partial charge in [0.1, 0.15) is 5.69 Å². The molecule has 0 atom stereocenters. The van der Waals surface area contributed by atoms with E-state index in [9.17, 15) is 18.5 Å². The van der Waals surface area contributed by atoms with Crippen LogP contribution in [0, 0.1) is 10.1 Å². The van der Waals surface area contributed by atoms with E-state index in [1.807, 2.05) is 12.1 Å². The van der Waals surface area contributed by atoms with Gasteiger partial charge in [0.15, 0.2) is 0 Å². The van der Waals surface area contributed by atoms with E-state index in [0.29, 0.717) is 25.3 Å². The number of sulfonamides is 1. The second-order valence-electron chi connectivity index (χ2n) is 6.58. The van der Waals surface area contributed by atoms with Crippen molar-refractivity contribution in [3.05, 3.63) is 58.4 Å². The van der Waals surface area contributed by atoms with Gasteiger partial charge in [-0.1, -0.05) is 6.42 Å². The van der Waals surface area contributed by atoms with Crippen LogP contribution in [0.3, 0.4) is 0 Å². The average molecular weight is 390 g/mol. The van der Waals surface area contributed by atoms with Gasteiger partial charge in [-0.05, 0) is 42.7 Å². The Hall–Kier alpha value is -2.52. The summed E-state index contributed by atoms with van der Waals surface area (Å²) in [6.07, 6.45) is 5.95. The Balaban J connectivity index is 1.92. The van der Waals surface area contributed by atoms with Gasteiger partial charge in [-0.2, -0.15) is 4.31 Å². The molecule has 0 bridgehead atoms. The molecule has 1 aliphatic heterocycles. The summed E-state index contributed by atoms with van der Waals surface area (Å²) >= 11 is 0. The van der Waals surface area contributed by atoms with Crippen molar-refractivity contribution in [3.63, 3.8) is 0 Å². The van der Waals surface area contributed by atoms with Crippen molar-refractivity contribution in [1.82, 2.24) is 9.29 Å². The Morgan fingerprint density at radius 1 is 1.15 bits per heavy atom. The normalized spacial score (nSPS) is 15.4. The number of hydrogen-bond donors (Lipinski definition) is 0. The third-order valence-electron chi connectivity index (χ3n) is 4.68. The third kappa shape index (κ3) is 4.25. The predicted molar refractivity (Wildman–Crippen MR) is 102 cm³/mol. The van der Waals surface area contributed by atoms with Crippen LogP contribution < -0.4 is 4.90 Å². The molecule has 8 nitrogen and oxygen atoms in total. The van der Waals surface area contributed by atoms with Gasteiger partial charge >= 0.3 is 0 Å². The fraction of sp³-hybridized carbons (Fsp3) is 0.389. The van der Waals surface area contributed by atoms with E-state index in [4.69, 9.17) is 0 Å². The van der Waals surface area contributed by atoms with Gasteiger partial charge < -0.3 is 4.90 Å². The summed E-state index contributed by atoms with van der Waals surface area (Å²) < 4.78 is 27.0. The van der Waals surface area contributed by atoms with Crippen LogP contribution in [0.4, 0.5) is 11.4 Å². The van der Waals surface area contributed by atoms with Gasteiger partial charge in [0.2, 0.25) is 10.0 Å². The molecular weight excluding hydrogens is 368 g/mol. The first-order chi connectivity index (χ1) is 12.9. The summed E-state index contributed by atoms with van der Waals surface area (Å²) in [5.74, 6) is 0. The third-order valence-corrected chi connectivity index (χ3v) is 6.57. The highest BCUT2D eigenvalue weighted by Crippen LogP contribution is 2.32. The molecular formula is C18H22N4O4S. The van der Waals surface area contributed by atoms with Gasteiger partial charge in [-0.3, -0.25) is 15.1 Å². The van der Waals surface area contributed by atoms with Gasteiger partial charge in [-0.15, -0.1) is 0 Å². The molecule has 144 valence electrons. The Kier molecular flexibility index (Phi) is 5.71. The lowest BCUT2D eigenvalue weighted by molar-refractivity contribution is -0.384. The number of pyridine rings is 1. The summed E-state index contributed by atoms with van der Waals surface area (Å²) in [6, 6.07) is 7.79. The maximum Gasteiger partial charge on any atom is 0.293 e. The zero-order valence-corrected chi connectivity index (χ0v) is 15.9. The summed E-state index contributed by atoms with van der Waals surface area (Å²) in [6.45, 7) is 1.36. The first-order valence-corrected chi connectivity index (χ1v) is 10.2. The van der Waals surface area contributed by atoms with E-state index in [-0.39, 0.29) is 10.6 Å². The SMILES string of the molecule is CN(Cc1ccncc1)c1ccc(S(=O)(=O)N2CCCCC2)cc1[N+](=O)[O-]. The van der Waals surface area contributed by atoms with Crippen molar-refractivity contribution >= 4 is 21.4 Å². The molecule has 1 aliphatic rings. The molecule has 27 heavy (non-hydrogen) atoms. The van der Waals surface area contributed by atoms with Crippen LogP contribution in [-0.4, -0.2) is 42.8 Å². The Bertz CT molecular complexity index is 912. The van der Waals surface area contributed by atoms with Crippen molar-refractivity contribution < 1.29 is 13.3 Å². The zero-order valence-electron chi connectivity index (χ0n) is 15.1. The standard InChI is InChI=1S/C18H22N4O4S/c1-20(14-15-7-9-19-10-8-15)17-6-5-16(13-18(17)22(23)24)27(25,26)21-11-3-2-4-12-21/h5-10,13H,2-4,11-12,14H2,1H3. The van der Waals surface area contributed by atoms with Crippen LogP contribution in [0.1, 0.15) is 24.8 Å². The van der Waals surface area contributed by atoms with Crippen molar-refractivity contribution in [2.24, 2.45) is 0 Å². The molecule has 9 heteroatoms. The molecule has 0 aliphatic carbocycles. The van der Waals surface area contributed by atoms with Crippen molar-refractivity contribution in [1.29, 1.82) is 0 Å². The maximum atomic E-state index is 12.8. The van der Waals surface area contributed by atoms with E-state index in [1.165, 1.54) is 22.5 Å². The van der Waals surface area contributed by atoms with Crippen molar-refractivity contribution in [2.75, 3.05) is 25.0 Å². The number of rotatable bonds is 6. The number of nitro groups is 1. The quantitative estimate of drug-likeness (QED) is 0.556. The number of hydrogen-bond acceptors (Lipinski definition) is 6. The lowest BCUT2D eigenvalue weighted by Crippen LogP contribution is -2.35. The number of piperidine rings is 1. The fourth-order valence-corrected chi connectivity index (χ4v) is 4.77. The fourth-order valence-electron chi connectivity index (χ4n) is 3.23. The lowest BCUT2D eigenvalue weighted by atomic mass is 10.2. The zero-order chi connectivity index (χ0) is 19.4. The number of benzene rings is 1. The lowest BCUT2D eigenvalue weighted by Gasteiger charge is -2.26. The second kappa shape index (κ2) is 8.01. The highest BCUT2D eigenvalue weighted by molar-refractivity contribution is 7.89. The Morgan fingerprint density at radius 3 is 2.44 bits per heavy atom. The topological polar surface area (TPSA) is 96.7 Å². The van der Waals surface area contributed by atoms with Gasteiger partial charge in [0.05, 0.1) is 9.82 Å². The highest BCUT2D eigenvalue weighted by atomic mass is 32.2. The molecule has 0 N–H and O–H groups in total. The molecule has 0 saturated carbocycles. The number of anilines is 1. The predicted octanol–water partition coefficient (Wildman–Crippen LogP) is 2.80. The van der Waals surface area contributed by atoms with Crippen LogP contribution in [0.15, 0.2) is 47.6 Å². The molecule has 1 aromatic heterocycles. The highest BCUT2D eigenvalue weighted by Gasteiger charge is 2.29. The van der Waals surface area contributed by atoms with Crippen molar-refractivity contribution in [2.45, 2.75) is 30.7 Å². The molecule has 0 unspecified atom stereocenters. The minimum Gasteiger partial charge on any atom is -0.365 e. The monoisotopic (exact) mass is 390 g/mol. The largest absolute Gasteiger partial charge is 0.365 e. The van der Waals surface area contributed by atoms with Crippen LogP contribution in [-0.2, 0) is 16.6 Å². The van der Waals surface area contributed by atoms with E-state index in [2.05, 4.69) is 4.98 Å². The summed E-state index contributed by atoms with van der Waals surface area (Å²) in [5.41, 5.74) is 1.10. The Labute approximate surface area is 158 Å². The summed E-state index contributed by atoms with van der Waals surface area (Å²) in [5, 5.41) is 11.6. The van der Waals surface area contributed by atoms with Gasteiger partial charge in [0, 0.05) is 45.1 Å². The first-order valence-electron chi connectivity index (χ1n) is 8.78. The second-order valence-corrected chi connectivity index (χ2v) is 8.52. The summed E-state index contributed by atoms with van der Waals surface area (Å²) in [4.78, 5) is 16.7. The number of aromatic nitrogens is 1. The van der Waals surface area contributed by atoms with Crippen LogP contribution in [0.25, 0.3) is 0 Å². The molecule has 2 aromatic rings. The Morgan fingerprint density at radius 2 is 1.81 bits per heavy atom. The first kappa shape index (κ1) is 19.2. The van der Waals surface area contributed by atoms with Gasteiger partial charge in [-0.25, -0.2) is 8.42 Å². The molecule has 0 radical (unpaired) electrons. The molecule has 2 heterocycles. The molecule has 1 aromatic carbocycles. The smallest absolute Gasteiger partial charge is 0.293 e. The molecule has 1 saturated heterocycles. The van der Waals surface area contributed by atoms with E-state index < -0.39 is 14.9 Å². The maximum absolute atomic E-state index is 12.8. The van der Waals surface area contributed by atoms with Crippen LogP contribution in [0.5, 0.6) is 0 Å². The summed E-state index contributed by atoms with van der Waals surface area (Å²) in [7, 11) is -1.98. The number of nitro benzene ring substituents is 1. The number of nitrogens with zero attached hydrogens (tertiary/aromatic N) is 4. The molecule has 0 spiro atoms. The van der Waals surface area contributed by atoms with E-state index >= 15 is 0 Å². The van der Waals surface area contributed by atoms with Crippen LogP contribution >= 0.6 is 0 Å². The van der Waals surface area contributed by atoms with Gasteiger partial charge in [0.25, 0.3) is 5.69 Å². The molecule has 3 rings (SSSR count). The van der Waals surface area contributed by atoms with Crippen molar-refractivity contribution in [3.8, 4) is 0 Å². The molecule has 1 fully saturated rings. The van der Waals surface area contributed by atoms with Crippen LogP contribution in [0.2, 0.25) is 0 Å². The average Bonchev–Trinajstić information content (AvgIpc) is 2.69. The molecule has 0 amide bonds. The van der Waals surface area contributed by atoms with E-state index in [0.717, 1.165) is 24.8 Å². The minimum absolute atomic E-state index is 0.0304.